The van der Waals surface area contributed by atoms with Crippen molar-refractivity contribution in [2.75, 3.05) is 23.8 Å². The van der Waals surface area contributed by atoms with Crippen LogP contribution in [0.2, 0.25) is 5.02 Å². The molecule has 2 N–H and O–H groups in total. The van der Waals surface area contributed by atoms with Crippen LogP contribution in [0.15, 0.2) is 60.7 Å². The van der Waals surface area contributed by atoms with Gasteiger partial charge in [0.15, 0.2) is 0 Å². The maximum absolute atomic E-state index is 12.0. The van der Waals surface area contributed by atoms with E-state index in [0.717, 1.165) is 11.3 Å². The van der Waals surface area contributed by atoms with Gasteiger partial charge in [0, 0.05) is 11.8 Å². The lowest BCUT2D eigenvalue weighted by Gasteiger charge is -2.10. The Bertz CT molecular complexity index is 701. The Morgan fingerprint density at radius 2 is 2.00 bits per heavy atom. The molecule has 0 aromatic heterocycles. The monoisotopic (exact) mass is 330 g/mol. The van der Waals surface area contributed by atoms with Crippen LogP contribution in [0.25, 0.3) is 0 Å². The topological polar surface area (TPSA) is 50.4 Å². The molecular formula is C18H19ClN2O2. The summed E-state index contributed by atoms with van der Waals surface area (Å²) in [4.78, 5) is 12.0. The first-order valence-corrected chi connectivity index (χ1v) is 7.58. The van der Waals surface area contributed by atoms with Crippen LogP contribution in [0, 0.1) is 0 Å². The number of benzene rings is 2. The number of carbonyl (C=O) groups excluding carboxylic acids is 1. The lowest BCUT2D eigenvalue weighted by Crippen LogP contribution is -2.21. The van der Waals surface area contributed by atoms with E-state index in [9.17, 15) is 4.79 Å². The molecule has 120 valence electrons. The Morgan fingerprint density at radius 1 is 1.22 bits per heavy atom. The van der Waals surface area contributed by atoms with Gasteiger partial charge in [0.25, 0.3) is 0 Å². The van der Waals surface area contributed by atoms with E-state index < -0.39 is 0 Å². The maximum atomic E-state index is 12.0. The van der Waals surface area contributed by atoms with E-state index in [2.05, 4.69) is 17.2 Å². The van der Waals surface area contributed by atoms with Gasteiger partial charge in [0.1, 0.15) is 12.4 Å². The van der Waals surface area contributed by atoms with Crippen LogP contribution in [0.3, 0.4) is 0 Å². The summed E-state index contributed by atoms with van der Waals surface area (Å²) in [5.74, 6) is 0.520. The molecule has 4 nitrogen and oxygen atoms in total. The number of para-hydroxylation sites is 1. The molecule has 0 aliphatic heterocycles. The summed E-state index contributed by atoms with van der Waals surface area (Å²) >= 11 is 6.03. The van der Waals surface area contributed by atoms with Gasteiger partial charge in [-0.2, -0.15) is 0 Å². The maximum Gasteiger partial charge on any atom is 0.243 e. The van der Waals surface area contributed by atoms with Crippen LogP contribution in [0.1, 0.15) is 6.92 Å². The fourth-order valence-electron chi connectivity index (χ4n) is 1.86. The fourth-order valence-corrected chi connectivity index (χ4v) is 2.06. The first kappa shape index (κ1) is 16.9. The molecule has 2 aromatic carbocycles. The molecular weight excluding hydrogens is 312 g/mol. The first-order valence-electron chi connectivity index (χ1n) is 7.20. The molecule has 2 rings (SSSR count). The highest BCUT2D eigenvalue weighted by Crippen LogP contribution is 2.20. The van der Waals surface area contributed by atoms with Gasteiger partial charge in [-0.3, -0.25) is 4.79 Å². The second-order valence-electron chi connectivity index (χ2n) is 5.16. The minimum absolute atomic E-state index is 0.126. The highest BCUT2D eigenvalue weighted by molar-refractivity contribution is 6.33. The van der Waals surface area contributed by atoms with Gasteiger partial charge in [0.2, 0.25) is 5.91 Å². The number of hydrogen-bond acceptors (Lipinski definition) is 3. The summed E-state index contributed by atoms with van der Waals surface area (Å²) in [6, 6.07) is 14.5. The van der Waals surface area contributed by atoms with Gasteiger partial charge in [-0.15, -0.1) is 0 Å². The normalized spacial score (nSPS) is 10.0. The molecule has 0 spiro atoms. The van der Waals surface area contributed by atoms with E-state index in [-0.39, 0.29) is 12.5 Å². The van der Waals surface area contributed by atoms with Gasteiger partial charge >= 0.3 is 0 Å². The number of halogens is 1. The van der Waals surface area contributed by atoms with Crippen LogP contribution < -0.4 is 15.4 Å². The van der Waals surface area contributed by atoms with Gasteiger partial charge < -0.3 is 15.4 Å². The average Bonchev–Trinajstić information content (AvgIpc) is 2.52. The SMILES string of the molecule is C=C(C)COc1cccc(NC(=O)CNc2ccccc2Cl)c1. The van der Waals surface area contributed by atoms with Crippen molar-refractivity contribution in [3.8, 4) is 5.75 Å². The van der Waals surface area contributed by atoms with Crippen LogP contribution in [-0.4, -0.2) is 19.1 Å². The van der Waals surface area contributed by atoms with Crippen LogP contribution in [-0.2, 0) is 4.79 Å². The molecule has 1 amide bonds. The molecule has 0 heterocycles. The number of amides is 1. The Morgan fingerprint density at radius 3 is 2.74 bits per heavy atom. The third-order valence-electron chi connectivity index (χ3n) is 2.92. The molecule has 0 atom stereocenters. The molecule has 0 unspecified atom stereocenters. The summed E-state index contributed by atoms with van der Waals surface area (Å²) in [6.45, 7) is 6.26. The van der Waals surface area contributed by atoms with Crippen LogP contribution >= 0.6 is 11.6 Å². The third-order valence-corrected chi connectivity index (χ3v) is 3.25. The number of carbonyl (C=O) groups is 1. The average molecular weight is 331 g/mol. The van der Waals surface area contributed by atoms with Gasteiger partial charge in [-0.1, -0.05) is 36.4 Å². The van der Waals surface area contributed by atoms with Crippen molar-refractivity contribution in [2.45, 2.75) is 6.92 Å². The fraction of sp³-hybridized carbons (Fsp3) is 0.167. The number of hydrogen-bond donors (Lipinski definition) is 2. The van der Waals surface area contributed by atoms with E-state index in [1.54, 1.807) is 18.2 Å². The van der Waals surface area contributed by atoms with Crippen molar-refractivity contribution >= 4 is 28.9 Å². The van der Waals surface area contributed by atoms with Gasteiger partial charge in [0.05, 0.1) is 17.3 Å². The van der Waals surface area contributed by atoms with Gasteiger partial charge in [-0.05, 0) is 36.8 Å². The molecule has 0 saturated carbocycles. The third kappa shape index (κ3) is 5.68. The summed E-state index contributed by atoms with van der Waals surface area (Å²) in [7, 11) is 0. The molecule has 5 heteroatoms. The molecule has 0 saturated heterocycles. The number of nitrogens with one attached hydrogen (secondary N) is 2. The predicted octanol–water partition coefficient (Wildman–Crippen LogP) is 4.35. The van der Waals surface area contributed by atoms with Crippen LogP contribution in [0.4, 0.5) is 11.4 Å². The van der Waals surface area contributed by atoms with Crippen molar-refractivity contribution in [2.24, 2.45) is 0 Å². The second-order valence-corrected chi connectivity index (χ2v) is 5.56. The zero-order valence-electron chi connectivity index (χ0n) is 12.9. The van der Waals surface area contributed by atoms with Crippen molar-refractivity contribution in [1.82, 2.24) is 0 Å². The largest absolute Gasteiger partial charge is 0.489 e. The van der Waals surface area contributed by atoms with Crippen molar-refractivity contribution in [1.29, 1.82) is 0 Å². The van der Waals surface area contributed by atoms with E-state index in [4.69, 9.17) is 16.3 Å². The molecule has 0 bridgehead atoms. The van der Waals surface area contributed by atoms with Crippen molar-refractivity contribution in [3.05, 3.63) is 65.7 Å². The number of ether oxygens (including phenoxy) is 1. The zero-order valence-corrected chi connectivity index (χ0v) is 13.7. The lowest BCUT2D eigenvalue weighted by atomic mass is 10.3. The highest BCUT2D eigenvalue weighted by atomic mass is 35.5. The molecule has 23 heavy (non-hydrogen) atoms. The molecule has 2 aromatic rings. The summed E-state index contributed by atoms with van der Waals surface area (Å²) < 4.78 is 5.55. The van der Waals surface area contributed by atoms with Crippen LogP contribution in [0.5, 0.6) is 5.75 Å². The summed E-state index contributed by atoms with van der Waals surface area (Å²) in [5.41, 5.74) is 2.33. The standard InChI is InChI=1S/C18H19ClN2O2/c1-13(2)12-23-15-7-5-6-14(10-15)21-18(22)11-20-17-9-4-3-8-16(17)19/h3-10,20H,1,11-12H2,2H3,(H,21,22). The molecule has 0 radical (unpaired) electrons. The smallest absolute Gasteiger partial charge is 0.243 e. The number of anilines is 2. The van der Waals surface area contributed by atoms with E-state index in [1.165, 1.54) is 0 Å². The lowest BCUT2D eigenvalue weighted by molar-refractivity contribution is -0.114. The number of rotatable bonds is 7. The second kappa shape index (κ2) is 8.25. The Kier molecular flexibility index (Phi) is 6.06. The Labute approximate surface area is 141 Å². The Hall–Kier alpha value is -2.46. The van der Waals surface area contributed by atoms with E-state index in [1.807, 2.05) is 37.3 Å². The Balaban J connectivity index is 1.89. The summed E-state index contributed by atoms with van der Waals surface area (Å²) in [6.07, 6.45) is 0. The minimum atomic E-state index is -0.165. The minimum Gasteiger partial charge on any atom is -0.489 e. The van der Waals surface area contributed by atoms with Crippen molar-refractivity contribution in [3.63, 3.8) is 0 Å². The highest BCUT2D eigenvalue weighted by Gasteiger charge is 2.05. The van der Waals surface area contributed by atoms with E-state index >= 15 is 0 Å². The molecule has 0 aliphatic carbocycles. The van der Waals surface area contributed by atoms with E-state index in [0.29, 0.717) is 23.1 Å². The quantitative estimate of drug-likeness (QED) is 0.742. The first-order chi connectivity index (χ1) is 11.0. The van der Waals surface area contributed by atoms with Crippen molar-refractivity contribution < 1.29 is 9.53 Å². The zero-order chi connectivity index (χ0) is 16.7. The van der Waals surface area contributed by atoms with Gasteiger partial charge in [-0.25, -0.2) is 0 Å². The molecule has 0 fully saturated rings. The molecule has 0 aliphatic rings. The summed E-state index contributed by atoms with van der Waals surface area (Å²) in [5, 5.41) is 6.39. The predicted molar refractivity (Wildman–Crippen MR) is 95.3 cm³/mol.